The number of nitrogens with zero attached hydrogens (tertiary/aromatic N) is 1. The van der Waals surface area contributed by atoms with Gasteiger partial charge >= 0.3 is 0 Å². The summed E-state index contributed by atoms with van der Waals surface area (Å²) < 4.78 is 26.5. The summed E-state index contributed by atoms with van der Waals surface area (Å²) in [4.78, 5) is 16.6. The Kier molecular flexibility index (Phi) is 3.35. The molecule has 2 aliphatic carbocycles. The van der Waals surface area contributed by atoms with E-state index in [1.54, 1.807) is 0 Å². The van der Waals surface area contributed by atoms with Crippen LogP contribution in [-0.4, -0.2) is 27.8 Å². The molecular weight excluding hydrogens is 282 g/mol. The molecule has 2 saturated carbocycles. The van der Waals surface area contributed by atoms with Crippen molar-refractivity contribution in [3.05, 3.63) is 0 Å². The molecule has 0 aromatic rings. The van der Waals surface area contributed by atoms with E-state index in [2.05, 4.69) is 10.3 Å². The molecule has 3 nitrogen and oxygen atoms in total. The van der Waals surface area contributed by atoms with Gasteiger partial charge in [-0.25, -0.2) is 8.78 Å². The third-order valence-electron chi connectivity index (χ3n) is 4.82. The number of hydrogen-bond acceptors (Lipinski definition) is 3. The first-order valence-corrected chi connectivity index (χ1v) is 8.12. The Balaban J connectivity index is 1.69. The van der Waals surface area contributed by atoms with Crippen molar-refractivity contribution < 1.29 is 13.6 Å². The Morgan fingerprint density at radius 2 is 2.20 bits per heavy atom. The average molecular weight is 302 g/mol. The Bertz CT molecular complexity index is 468. The van der Waals surface area contributed by atoms with Gasteiger partial charge in [0, 0.05) is 12.3 Å². The maximum Gasteiger partial charge on any atom is 0.251 e. The van der Waals surface area contributed by atoms with Crippen LogP contribution in [0.1, 0.15) is 46.0 Å². The van der Waals surface area contributed by atoms with Gasteiger partial charge in [-0.3, -0.25) is 9.79 Å². The Hall–Kier alpha value is -0.650. The van der Waals surface area contributed by atoms with Gasteiger partial charge in [-0.2, -0.15) is 0 Å². The number of carbonyl (C=O) groups is 1. The van der Waals surface area contributed by atoms with Crippen LogP contribution in [0.25, 0.3) is 0 Å². The lowest BCUT2D eigenvalue weighted by atomic mass is 9.93. The van der Waals surface area contributed by atoms with Gasteiger partial charge < -0.3 is 5.32 Å². The summed E-state index contributed by atoms with van der Waals surface area (Å²) in [7, 11) is 0. The van der Waals surface area contributed by atoms with E-state index in [0.717, 1.165) is 12.8 Å². The molecule has 112 valence electrons. The zero-order valence-electron chi connectivity index (χ0n) is 11.8. The number of carbonyl (C=O) groups excluding carboxylic acids is 1. The lowest BCUT2D eigenvalue weighted by molar-refractivity contribution is -0.121. The van der Waals surface area contributed by atoms with Crippen molar-refractivity contribution in [1.82, 2.24) is 5.32 Å². The first-order valence-electron chi connectivity index (χ1n) is 7.30. The van der Waals surface area contributed by atoms with Crippen molar-refractivity contribution in [1.29, 1.82) is 0 Å². The van der Waals surface area contributed by atoms with E-state index < -0.39 is 16.6 Å². The second-order valence-corrected chi connectivity index (χ2v) is 7.92. The SMILES string of the molecule is CCC[C@]1(C)SC(=N[C@H]2C[C@H]3C[C@@H]2CC3(F)F)NC1=O. The predicted octanol–water partition coefficient (Wildman–Crippen LogP) is 3.20. The Labute approximate surface area is 122 Å². The van der Waals surface area contributed by atoms with Crippen LogP contribution in [-0.2, 0) is 4.79 Å². The lowest BCUT2D eigenvalue weighted by Gasteiger charge is -2.25. The molecule has 1 N–H and O–H groups in total. The van der Waals surface area contributed by atoms with Crippen LogP contribution in [0.15, 0.2) is 4.99 Å². The zero-order valence-corrected chi connectivity index (χ0v) is 12.6. The summed E-state index contributed by atoms with van der Waals surface area (Å²) in [5.74, 6) is -3.02. The number of amidine groups is 1. The number of fused-ring (bicyclic) bond motifs is 2. The van der Waals surface area contributed by atoms with Crippen molar-refractivity contribution in [2.24, 2.45) is 16.8 Å². The molecule has 1 heterocycles. The van der Waals surface area contributed by atoms with E-state index in [0.29, 0.717) is 18.0 Å². The summed E-state index contributed by atoms with van der Waals surface area (Å²) in [6, 6.07) is -0.0357. The van der Waals surface area contributed by atoms with Gasteiger partial charge in [-0.1, -0.05) is 25.1 Å². The van der Waals surface area contributed by atoms with Crippen LogP contribution < -0.4 is 5.32 Å². The van der Waals surface area contributed by atoms with E-state index in [4.69, 9.17) is 0 Å². The van der Waals surface area contributed by atoms with Crippen molar-refractivity contribution in [3.63, 3.8) is 0 Å². The van der Waals surface area contributed by atoms with Gasteiger partial charge in [0.2, 0.25) is 5.91 Å². The second-order valence-electron chi connectivity index (χ2n) is 6.43. The van der Waals surface area contributed by atoms with Gasteiger partial charge in [-0.05, 0) is 32.1 Å². The molecule has 2 bridgehead atoms. The Morgan fingerprint density at radius 3 is 2.75 bits per heavy atom. The minimum absolute atomic E-state index is 0.00316. The fourth-order valence-electron chi connectivity index (χ4n) is 3.71. The van der Waals surface area contributed by atoms with Crippen LogP contribution in [0.4, 0.5) is 8.78 Å². The lowest BCUT2D eigenvalue weighted by Crippen LogP contribution is -2.34. The number of amides is 1. The third-order valence-corrected chi connectivity index (χ3v) is 6.06. The molecule has 1 saturated heterocycles. The molecule has 0 radical (unpaired) electrons. The fourth-order valence-corrected chi connectivity index (χ4v) is 4.92. The highest BCUT2D eigenvalue weighted by Gasteiger charge is 2.57. The number of rotatable bonds is 3. The standard InChI is InChI=1S/C14H20F2N2OS/c1-3-4-13(2)11(19)18-12(20-13)17-10-6-9-5-8(10)7-14(9,15)16/h8-10H,3-7H2,1-2H3,(H,17,18,19)/t8-,9-,10+,13+/m1/s1. The molecule has 3 fully saturated rings. The first kappa shape index (κ1) is 14.3. The van der Waals surface area contributed by atoms with Crippen molar-refractivity contribution in [2.75, 3.05) is 0 Å². The van der Waals surface area contributed by atoms with Crippen LogP contribution in [0.3, 0.4) is 0 Å². The predicted molar refractivity (Wildman–Crippen MR) is 76.0 cm³/mol. The maximum absolute atomic E-state index is 13.5. The number of alkyl halides is 2. The van der Waals surface area contributed by atoms with Crippen molar-refractivity contribution in [2.45, 2.75) is 62.7 Å². The number of nitrogens with one attached hydrogen (secondary N) is 1. The molecule has 20 heavy (non-hydrogen) atoms. The normalized spacial score (nSPS) is 44.3. The highest BCUT2D eigenvalue weighted by molar-refractivity contribution is 8.16. The van der Waals surface area contributed by atoms with E-state index in [-0.39, 0.29) is 24.3 Å². The van der Waals surface area contributed by atoms with Crippen LogP contribution in [0, 0.1) is 11.8 Å². The van der Waals surface area contributed by atoms with E-state index in [9.17, 15) is 13.6 Å². The highest BCUT2D eigenvalue weighted by Crippen LogP contribution is 2.55. The van der Waals surface area contributed by atoms with Gasteiger partial charge in [0.15, 0.2) is 5.17 Å². The molecule has 6 heteroatoms. The minimum atomic E-state index is -2.50. The van der Waals surface area contributed by atoms with Crippen LogP contribution in [0.5, 0.6) is 0 Å². The molecule has 3 aliphatic rings. The molecule has 3 rings (SSSR count). The summed E-state index contributed by atoms with van der Waals surface area (Å²) in [5.41, 5.74) is 0. The van der Waals surface area contributed by atoms with Crippen LogP contribution >= 0.6 is 11.8 Å². The van der Waals surface area contributed by atoms with Gasteiger partial charge in [0.05, 0.1) is 10.8 Å². The van der Waals surface area contributed by atoms with Crippen molar-refractivity contribution >= 4 is 22.8 Å². The van der Waals surface area contributed by atoms with Gasteiger partial charge in [-0.15, -0.1) is 0 Å². The summed E-state index contributed by atoms with van der Waals surface area (Å²) in [6.07, 6.45) is 2.74. The molecule has 0 unspecified atom stereocenters. The maximum atomic E-state index is 13.5. The van der Waals surface area contributed by atoms with Gasteiger partial charge in [0.25, 0.3) is 5.92 Å². The molecule has 1 amide bonds. The van der Waals surface area contributed by atoms with Gasteiger partial charge in [0.1, 0.15) is 0 Å². The molecular formula is C14H20F2N2OS. The fraction of sp³-hybridized carbons (Fsp3) is 0.857. The molecule has 1 aliphatic heterocycles. The summed E-state index contributed by atoms with van der Waals surface area (Å²) in [5, 5.41) is 3.45. The molecule has 0 aromatic heterocycles. The number of halogens is 2. The van der Waals surface area contributed by atoms with E-state index in [1.807, 2.05) is 13.8 Å². The smallest absolute Gasteiger partial charge is 0.251 e. The topological polar surface area (TPSA) is 41.5 Å². The summed E-state index contributed by atoms with van der Waals surface area (Å²) in [6.45, 7) is 3.97. The third kappa shape index (κ3) is 2.26. The Morgan fingerprint density at radius 1 is 1.45 bits per heavy atom. The largest absolute Gasteiger partial charge is 0.304 e. The average Bonchev–Trinajstić information content (AvgIpc) is 2.92. The summed E-state index contributed by atoms with van der Waals surface area (Å²) >= 11 is 1.46. The molecule has 4 atom stereocenters. The molecule has 0 aromatic carbocycles. The quantitative estimate of drug-likeness (QED) is 0.870. The minimum Gasteiger partial charge on any atom is -0.304 e. The monoisotopic (exact) mass is 302 g/mol. The van der Waals surface area contributed by atoms with E-state index >= 15 is 0 Å². The van der Waals surface area contributed by atoms with Crippen LogP contribution in [0.2, 0.25) is 0 Å². The van der Waals surface area contributed by atoms with E-state index in [1.165, 1.54) is 11.8 Å². The number of aliphatic imine (C=N–C) groups is 1. The highest BCUT2D eigenvalue weighted by atomic mass is 32.2. The molecule has 0 spiro atoms. The zero-order chi connectivity index (χ0) is 14.5. The second kappa shape index (κ2) is 4.68. The number of thioether (sulfide) groups is 1. The van der Waals surface area contributed by atoms with Crippen molar-refractivity contribution in [3.8, 4) is 0 Å². The first-order chi connectivity index (χ1) is 9.34. The number of hydrogen-bond donors (Lipinski definition) is 1.